The number of hydrogen-bond acceptors (Lipinski definition) is 12. The largest absolute Gasteiger partial charge is 0.381 e. The Labute approximate surface area is 362 Å². The molecule has 0 atom stereocenters. The topological polar surface area (TPSA) is 148 Å². The zero-order chi connectivity index (χ0) is 46.0. The van der Waals surface area contributed by atoms with E-state index in [0.717, 1.165) is 104 Å². The van der Waals surface area contributed by atoms with Gasteiger partial charge in [-0.15, -0.1) is 0 Å². The normalized spacial score (nSPS) is 12.3. The van der Waals surface area contributed by atoms with E-state index in [9.17, 15) is 28.8 Å². The van der Waals surface area contributed by atoms with Crippen molar-refractivity contribution in [3.05, 3.63) is 78.0 Å². The van der Waals surface area contributed by atoms with Crippen LogP contribution in [0.25, 0.3) is 0 Å². The molecule has 0 saturated heterocycles. The molecule has 0 saturated carbocycles. The van der Waals surface area contributed by atoms with Gasteiger partial charge in [0.1, 0.15) is 0 Å². The highest BCUT2D eigenvalue weighted by Crippen LogP contribution is 2.27. The summed E-state index contributed by atoms with van der Waals surface area (Å²) in [4.78, 5) is 76.9. The summed E-state index contributed by atoms with van der Waals surface area (Å²) < 4.78 is 0. The van der Waals surface area contributed by atoms with Crippen molar-refractivity contribution >= 4 is 17.1 Å². The smallest absolute Gasteiger partial charge is 0.249 e. The lowest BCUT2D eigenvalue weighted by Crippen LogP contribution is -2.43. The molecule has 0 aliphatic carbocycles. The van der Waals surface area contributed by atoms with Crippen LogP contribution in [-0.2, 0) is 16.2 Å². The van der Waals surface area contributed by atoms with Gasteiger partial charge in [0.05, 0.1) is 17.1 Å². The molecular formula is C48H84N6O6. The van der Waals surface area contributed by atoms with E-state index in [4.69, 9.17) is 0 Å². The van der Waals surface area contributed by atoms with Gasteiger partial charge in [0.25, 0.3) is 0 Å². The van der Waals surface area contributed by atoms with E-state index < -0.39 is 0 Å². The molecule has 0 aliphatic rings. The Balaban J connectivity index is 0.000000451. The van der Waals surface area contributed by atoms with Crippen molar-refractivity contribution in [3.8, 4) is 0 Å². The standard InChI is InChI=1S/C17H30N2O2.C16H28N2O2.C15H26N2O2/c1-6-10-19(11-7-2)12-8-9-18-14-13(17(3,4)5)15(20)16(14)21;1-6-10-18(7-2)11-8-9-17-13-12(16(3,4)5)14(19)15(13)20;1-6-9-17(5)10-7-8-16-12-11(15(2,3)4)13(18)14(12)19/h18H,6-12H2,1-5H3;17H,6-11H2,1-5H3;16H,6-10H2,1-5H3. The second-order valence-corrected chi connectivity index (χ2v) is 19.4. The molecule has 0 unspecified atom stereocenters. The molecular weight excluding hydrogens is 757 g/mol. The van der Waals surface area contributed by atoms with Crippen molar-refractivity contribution in [2.24, 2.45) is 0 Å². The Morgan fingerprint density at radius 2 is 0.667 bits per heavy atom. The van der Waals surface area contributed by atoms with E-state index in [1.165, 1.54) is 12.8 Å². The lowest BCUT2D eigenvalue weighted by Gasteiger charge is -2.25. The highest BCUT2D eigenvalue weighted by atomic mass is 16.2. The monoisotopic (exact) mass is 841 g/mol. The minimum absolute atomic E-state index is 0.258. The van der Waals surface area contributed by atoms with Gasteiger partial charge in [-0.1, -0.05) is 96.9 Å². The van der Waals surface area contributed by atoms with Gasteiger partial charge in [-0.05, 0) is 121 Å². The van der Waals surface area contributed by atoms with Crippen molar-refractivity contribution in [3.63, 3.8) is 0 Å². The Morgan fingerprint density at radius 1 is 0.383 bits per heavy atom. The fourth-order valence-corrected chi connectivity index (χ4v) is 7.63. The minimum atomic E-state index is -0.355. The van der Waals surface area contributed by atoms with E-state index in [-0.39, 0.29) is 48.8 Å². The summed E-state index contributed by atoms with van der Waals surface area (Å²) in [6.07, 6.45) is 7.58. The van der Waals surface area contributed by atoms with E-state index in [1.807, 2.05) is 62.3 Å². The second-order valence-electron chi connectivity index (χ2n) is 19.4. The van der Waals surface area contributed by atoms with Crippen LogP contribution < -0.4 is 48.5 Å². The fourth-order valence-electron chi connectivity index (χ4n) is 7.63. The molecule has 342 valence electrons. The molecule has 0 aliphatic heterocycles. The Kier molecular flexibility index (Phi) is 23.1. The summed E-state index contributed by atoms with van der Waals surface area (Å²) >= 11 is 0. The SMILES string of the molecule is CCCN(C)CCCNc1c(C(C)(C)C)c(=O)c1=O.CCCN(CC)CCCNc1c(C(C)(C)C)c(=O)c1=O.CCCN(CCC)CCCNc1c(C(C)(C)C)c(=O)c1=O. The van der Waals surface area contributed by atoms with Crippen LogP contribution in [0.3, 0.4) is 0 Å². The third kappa shape index (κ3) is 16.4. The maximum atomic E-state index is 11.7. The van der Waals surface area contributed by atoms with Gasteiger partial charge in [-0.2, -0.15) is 0 Å². The van der Waals surface area contributed by atoms with Crippen LogP contribution >= 0.6 is 0 Å². The summed E-state index contributed by atoms with van der Waals surface area (Å²) in [6.45, 7) is 39.4. The van der Waals surface area contributed by atoms with Crippen LogP contribution in [0.5, 0.6) is 0 Å². The first-order chi connectivity index (χ1) is 27.9. The van der Waals surface area contributed by atoms with Gasteiger partial charge >= 0.3 is 0 Å². The van der Waals surface area contributed by atoms with Crippen LogP contribution in [0.15, 0.2) is 28.8 Å². The predicted molar refractivity (Wildman–Crippen MR) is 257 cm³/mol. The molecule has 0 fully saturated rings. The highest BCUT2D eigenvalue weighted by Gasteiger charge is 2.32. The second kappa shape index (κ2) is 25.5. The van der Waals surface area contributed by atoms with Gasteiger partial charge in [-0.25, -0.2) is 0 Å². The van der Waals surface area contributed by atoms with E-state index in [1.54, 1.807) is 0 Å². The minimum Gasteiger partial charge on any atom is -0.381 e. The molecule has 60 heavy (non-hydrogen) atoms. The predicted octanol–water partition coefficient (Wildman–Crippen LogP) is 6.34. The van der Waals surface area contributed by atoms with Crippen molar-refractivity contribution in [2.45, 2.75) is 158 Å². The lowest BCUT2D eigenvalue weighted by molar-refractivity contribution is 0.274. The van der Waals surface area contributed by atoms with Gasteiger partial charge < -0.3 is 30.7 Å². The Hall–Kier alpha value is -3.48. The van der Waals surface area contributed by atoms with E-state index in [2.05, 4.69) is 72.3 Å². The number of rotatable bonds is 24. The van der Waals surface area contributed by atoms with Crippen molar-refractivity contribution in [1.29, 1.82) is 0 Å². The summed E-state index contributed by atoms with van der Waals surface area (Å²) in [5, 5.41) is 9.47. The first-order valence-corrected chi connectivity index (χ1v) is 22.8. The quantitative estimate of drug-likeness (QED) is 0.0683. The van der Waals surface area contributed by atoms with Crippen molar-refractivity contribution in [1.82, 2.24) is 14.7 Å². The van der Waals surface area contributed by atoms with E-state index in [0.29, 0.717) is 33.8 Å². The Bertz CT molecular complexity index is 1920. The van der Waals surface area contributed by atoms with Crippen molar-refractivity contribution in [2.75, 3.05) is 95.0 Å². The number of anilines is 3. The molecule has 0 radical (unpaired) electrons. The van der Waals surface area contributed by atoms with Crippen molar-refractivity contribution < 1.29 is 0 Å². The first kappa shape index (κ1) is 54.5. The molecule has 3 aromatic carbocycles. The molecule has 0 bridgehead atoms. The zero-order valence-corrected chi connectivity index (χ0v) is 40.5. The van der Waals surface area contributed by atoms with Crippen LogP contribution in [0.4, 0.5) is 17.1 Å². The summed E-state index contributed by atoms with van der Waals surface area (Å²) in [6, 6.07) is 0. The van der Waals surface area contributed by atoms with Crippen LogP contribution in [0.1, 0.15) is 159 Å². The molecule has 0 heterocycles. The molecule has 3 aromatic rings. The lowest BCUT2D eigenvalue weighted by atomic mass is 9.82. The summed E-state index contributed by atoms with van der Waals surface area (Å²) in [7, 11) is 2.10. The molecule has 0 spiro atoms. The van der Waals surface area contributed by atoms with Gasteiger partial charge in [0, 0.05) is 36.3 Å². The third-order valence-corrected chi connectivity index (χ3v) is 10.6. The van der Waals surface area contributed by atoms with Gasteiger partial charge in [0.2, 0.25) is 32.6 Å². The fraction of sp³-hybridized carbons (Fsp3) is 0.750. The first-order valence-electron chi connectivity index (χ1n) is 22.8. The maximum Gasteiger partial charge on any atom is 0.249 e. The summed E-state index contributed by atoms with van der Waals surface area (Å²) in [5.74, 6) is 0. The van der Waals surface area contributed by atoms with Crippen LogP contribution in [-0.4, -0.2) is 93.7 Å². The molecule has 12 heteroatoms. The molecule has 0 amide bonds. The molecule has 0 aromatic heterocycles. The summed E-state index contributed by atoms with van der Waals surface area (Å²) in [5.41, 5.74) is 0.807. The maximum absolute atomic E-state index is 11.7. The van der Waals surface area contributed by atoms with Crippen LogP contribution in [0.2, 0.25) is 0 Å². The molecule has 3 N–H and O–H groups in total. The number of nitrogens with one attached hydrogen (secondary N) is 3. The molecule has 3 rings (SSSR count). The van der Waals surface area contributed by atoms with Crippen LogP contribution in [0, 0.1) is 0 Å². The average Bonchev–Trinajstić information content (AvgIpc) is 3.16. The Morgan fingerprint density at radius 3 is 0.950 bits per heavy atom. The van der Waals surface area contributed by atoms with Gasteiger partial charge in [-0.3, -0.25) is 28.8 Å². The highest BCUT2D eigenvalue weighted by molar-refractivity contribution is 5.60. The third-order valence-electron chi connectivity index (χ3n) is 10.6. The number of nitrogens with zero attached hydrogens (tertiary/aromatic N) is 3. The average molecular weight is 841 g/mol. The number of hydrogen-bond donors (Lipinski definition) is 3. The zero-order valence-electron chi connectivity index (χ0n) is 40.5. The molecule has 12 nitrogen and oxygen atoms in total. The van der Waals surface area contributed by atoms with Gasteiger partial charge in [0.15, 0.2) is 0 Å². The van der Waals surface area contributed by atoms with E-state index >= 15 is 0 Å².